The van der Waals surface area contributed by atoms with Crippen molar-refractivity contribution < 1.29 is 4.79 Å². The number of halogens is 1. The quantitative estimate of drug-likeness (QED) is 0.789. The molecule has 0 aliphatic rings. The molecule has 0 aliphatic carbocycles. The fourth-order valence-corrected chi connectivity index (χ4v) is 2.95. The second-order valence-electron chi connectivity index (χ2n) is 3.94. The van der Waals surface area contributed by atoms with Gasteiger partial charge in [-0.1, -0.05) is 0 Å². The van der Waals surface area contributed by atoms with Crippen molar-refractivity contribution in [3.63, 3.8) is 0 Å². The largest absolute Gasteiger partial charge is 0.321 e. The van der Waals surface area contributed by atoms with E-state index in [9.17, 15) is 4.79 Å². The van der Waals surface area contributed by atoms with Crippen molar-refractivity contribution in [2.75, 3.05) is 5.32 Å². The molecule has 2 heterocycles. The van der Waals surface area contributed by atoms with E-state index in [4.69, 9.17) is 0 Å². The van der Waals surface area contributed by atoms with Gasteiger partial charge in [0.1, 0.15) is 12.7 Å². The molecule has 7 heteroatoms. The van der Waals surface area contributed by atoms with Gasteiger partial charge in [0.15, 0.2) is 0 Å². The molecular weight excluding hydrogens is 340 g/mol. The van der Waals surface area contributed by atoms with E-state index in [0.29, 0.717) is 4.88 Å². The van der Waals surface area contributed by atoms with Gasteiger partial charge in [0, 0.05) is 5.69 Å². The van der Waals surface area contributed by atoms with Crippen LogP contribution in [0.3, 0.4) is 0 Å². The second kappa shape index (κ2) is 5.56. The predicted octanol–water partition coefficient (Wildman–Crippen LogP) is 3.34. The summed E-state index contributed by atoms with van der Waals surface area (Å²) in [4.78, 5) is 16.5. The van der Waals surface area contributed by atoms with Crippen LogP contribution in [0.5, 0.6) is 0 Å². The summed E-state index contributed by atoms with van der Waals surface area (Å²) >= 11 is 4.74. The van der Waals surface area contributed by atoms with Gasteiger partial charge in [-0.25, -0.2) is 9.67 Å². The number of rotatable bonds is 3. The molecule has 2 aromatic heterocycles. The van der Waals surface area contributed by atoms with E-state index in [-0.39, 0.29) is 5.91 Å². The van der Waals surface area contributed by atoms with E-state index >= 15 is 0 Å². The third-order valence-electron chi connectivity index (χ3n) is 2.61. The van der Waals surface area contributed by atoms with Crippen molar-refractivity contribution in [2.24, 2.45) is 0 Å². The normalized spacial score (nSPS) is 10.4. The highest BCUT2D eigenvalue weighted by Gasteiger charge is 2.08. The maximum absolute atomic E-state index is 12.0. The van der Waals surface area contributed by atoms with Gasteiger partial charge in [-0.05, 0) is 52.3 Å². The zero-order valence-corrected chi connectivity index (χ0v) is 12.6. The van der Waals surface area contributed by atoms with Crippen LogP contribution in [0.15, 0.2) is 52.8 Å². The van der Waals surface area contributed by atoms with E-state index in [0.717, 1.165) is 15.2 Å². The van der Waals surface area contributed by atoms with Gasteiger partial charge in [-0.15, -0.1) is 11.3 Å². The van der Waals surface area contributed by atoms with Gasteiger partial charge in [0.25, 0.3) is 5.91 Å². The third kappa shape index (κ3) is 2.78. The Kier molecular flexibility index (Phi) is 3.62. The lowest BCUT2D eigenvalue weighted by molar-refractivity contribution is 0.103. The number of carbonyl (C=O) groups is 1. The van der Waals surface area contributed by atoms with Gasteiger partial charge in [0.2, 0.25) is 0 Å². The van der Waals surface area contributed by atoms with Gasteiger partial charge in [-0.2, -0.15) is 5.10 Å². The van der Waals surface area contributed by atoms with Gasteiger partial charge in [-0.3, -0.25) is 4.79 Å². The lowest BCUT2D eigenvalue weighted by Crippen LogP contribution is -2.10. The first-order valence-corrected chi connectivity index (χ1v) is 7.35. The Labute approximate surface area is 127 Å². The molecular formula is C13H9BrN4OS. The Bertz CT molecular complexity index is 721. The lowest BCUT2D eigenvalue weighted by atomic mass is 10.2. The maximum Gasteiger partial charge on any atom is 0.265 e. The summed E-state index contributed by atoms with van der Waals surface area (Å²) in [6, 6.07) is 11.0. The summed E-state index contributed by atoms with van der Waals surface area (Å²) in [5, 5.41) is 6.89. The monoisotopic (exact) mass is 348 g/mol. The van der Waals surface area contributed by atoms with E-state index < -0.39 is 0 Å². The molecule has 0 saturated heterocycles. The van der Waals surface area contributed by atoms with E-state index in [1.807, 2.05) is 30.3 Å². The first-order chi connectivity index (χ1) is 9.72. The van der Waals surface area contributed by atoms with Crippen LogP contribution in [0.4, 0.5) is 5.69 Å². The van der Waals surface area contributed by atoms with Crippen LogP contribution in [-0.4, -0.2) is 20.7 Å². The van der Waals surface area contributed by atoms with Crippen LogP contribution >= 0.6 is 27.3 Å². The highest BCUT2D eigenvalue weighted by atomic mass is 79.9. The molecule has 0 atom stereocenters. The molecule has 0 spiro atoms. The number of amides is 1. The predicted molar refractivity (Wildman–Crippen MR) is 81.3 cm³/mol. The van der Waals surface area contributed by atoms with Crippen molar-refractivity contribution in [1.82, 2.24) is 14.8 Å². The smallest absolute Gasteiger partial charge is 0.265 e. The average molecular weight is 349 g/mol. The van der Waals surface area contributed by atoms with Crippen molar-refractivity contribution in [2.45, 2.75) is 0 Å². The minimum Gasteiger partial charge on any atom is -0.321 e. The zero-order valence-electron chi connectivity index (χ0n) is 10.2. The molecule has 0 fully saturated rings. The first kappa shape index (κ1) is 13.0. The molecule has 0 saturated carbocycles. The molecule has 0 aliphatic heterocycles. The number of nitrogens with one attached hydrogen (secondary N) is 1. The van der Waals surface area contributed by atoms with Crippen LogP contribution in [0.2, 0.25) is 0 Å². The third-order valence-corrected chi connectivity index (χ3v) is 4.23. The van der Waals surface area contributed by atoms with Crippen molar-refractivity contribution in [3.8, 4) is 5.69 Å². The van der Waals surface area contributed by atoms with Gasteiger partial charge in [0.05, 0.1) is 14.4 Å². The topological polar surface area (TPSA) is 59.8 Å². The van der Waals surface area contributed by atoms with Crippen LogP contribution in [-0.2, 0) is 0 Å². The zero-order chi connectivity index (χ0) is 13.9. The Morgan fingerprint density at radius 3 is 2.60 bits per heavy atom. The fraction of sp³-hybridized carbons (Fsp3) is 0. The van der Waals surface area contributed by atoms with Crippen LogP contribution < -0.4 is 5.32 Å². The summed E-state index contributed by atoms with van der Waals surface area (Å²) in [7, 11) is 0. The number of aromatic nitrogens is 3. The fourth-order valence-electron chi connectivity index (χ4n) is 1.67. The highest BCUT2D eigenvalue weighted by Crippen LogP contribution is 2.23. The summed E-state index contributed by atoms with van der Waals surface area (Å²) in [5.74, 6) is -0.116. The van der Waals surface area contributed by atoms with Crippen molar-refractivity contribution in [3.05, 3.63) is 57.7 Å². The SMILES string of the molecule is O=C(Nc1ccc(-n2cncn2)cc1)c1ccc(Br)s1. The average Bonchev–Trinajstić information content (AvgIpc) is 3.10. The van der Waals surface area contributed by atoms with Crippen LogP contribution in [0, 0.1) is 0 Å². The Balaban J connectivity index is 1.74. The number of carbonyl (C=O) groups excluding carboxylic acids is 1. The molecule has 0 radical (unpaired) electrons. The molecule has 5 nitrogen and oxygen atoms in total. The highest BCUT2D eigenvalue weighted by molar-refractivity contribution is 9.11. The molecule has 3 rings (SSSR count). The van der Waals surface area contributed by atoms with Crippen molar-refractivity contribution >= 4 is 38.9 Å². The summed E-state index contributed by atoms with van der Waals surface area (Å²) < 4.78 is 2.59. The summed E-state index contributed by atoms with van der Waals surface area (Å²) in [5.41, 5.74) is 1.63. The number of nitrogens with zero attached hydrogens (tertiary/aromatic N) is 3. The summed E-state index contributed by atoms with van der Waals surface area (Å²) in [6.45, 7) is 0. The number of thiophene rings is 1. The van der Waals surface area contributed by atoms with Crippen molar-refractivity contribution in [1.29, 1.82) is 0 Å². The molecule has 0 bridgehead atoms. The molecule has 20 heavy (non-hydrogen) atoms. The Morgan fingerprint density at radius 2 is 2.00 bits per heavy atom. The standard InChI is InChI=1S/C13H9BrN4OS/c14-12-6-5-11(20-12)13(19)17-9-1-3-10(4-2-9)18-8-15-7-16-18/h1-8H,(H,17,19). The first-order valence-electron chi connectivity index (χ1n) is 5.74. The minimum absolute atomic E-state index is 0.116. The Hall–Kier alpha value is -1.99. The second-order valence-corrected chi connectivity index (χ2v) is 6.41. The van der Waals surface area contributed by atoms with Crippen LogP contribution in [0.25, 0.3) is 5.69 Å². The molecule has 3 aromatic rings. The molecule has 1 aromatic carbocycles. The minimum atomic E-state index is -0.116. The summed E-state index contributed by atoms with van der Waals surface area (Å²) in [6.07, 6.45) is 3.10. The van der Waals surface area contributed by atoms with E-state index in [1.165, 1.54) is 17.7 Å². The van der Waals surface area contributed by atoms with Gasteiger partial charge >= 0.3 is 0 Å². The number of hydrogen-bond donors (Lipinski definition) is 1. The van der Waals surface area contributed by atoms with E-state index in [1.54, 1.807) is 17.1 Å². The van der Waals surface area contributed by atoms with Crippen LogP contribution in [0.1, 0.15) is 9.67 Å². The van der Waals surface area contributed by atoms with E-state index in [2.05, 4.69) is 31.3 Å². The number of anilines is 1. The lowest BCUT2D eigenvalue weighted by Gasteiger charge is -2.05. The van der Waals surface area contributed by atoms with Gasteiger partial charge < -0.3 is 5.32 Å². The number of benzene rings is 1. The molecule has 0 unspecified atom stereocenters. The maximum atomic E-state index is 12.0. The molecule has 100 valence electrons. The molecule has 1 N–H and O–H groups in total. The molecule has 1 amide bonds. The number of hydrogen-bond acceptors (Lipinski definition) is 4. The Morgan fingerprint density at radius 1 is 1.20 bits per heavy atom.